The number of aromatic nitrogens is 1. The highest BCUT2D eigenvalue weighted by molar-refractivity contribution is 5.97. The molecule has 160 valence electrons. The van der Waals surface area contributed by atoms with Crippen LogP contribution in [0.15, 0.2) is 42.6 Å². The molecule has 1 aliphatic rings. The Balaban J connectivity index is 1.41. The molecule has 0 saturated carbocycles. The van der Waals surface area contributed by atoms with E-state index in [-0.39, 0.29) is 17.6 Å². The molecule has 3 rings (SSSR count). The lowest BCUT2D eigenvalue weighted by atomic mass is 9.96. The molecule has 0 atom stereocenters. The molecule has 0 aliphatic carbocycles. The summed E-state index contributed by atoms with van der Waals surface area (Å²) < 4.78 is 18.1. The number of likely N-dealkylation sites (tertiary alicyclic amines) is 1. The maximum atomic E-state index is 13.0. The lowest BCUT2D eigenvalue weighted by molar-refractivity contribution is 0.0887. The van der Waals surface area contributed by atoms with E-state index in [0.29, 0.717) is 36.1 Å². The Morgan fingerprint density at radius 1 is 1.20 bits per heavy atom. The van der Waals surface area contributed by atoms with Crippen LogP contribution in [0.3, 0.4) is 0 Å². The largest absolute Gasteiger partial charge is 0.495 e. The molecule has 1 saturated heterocycles. The molecule has 0 unspecified atom stereocenters. The molecule has 1 fully saturated rings. The van der Waals surface area contributed by atoms with Gasteiger partial charge < -0.3 is 9.64 Å². The minimum absolute atomic E-state index is 0.00284. The second kappa shape index (κ2) is 10.2. The highest BCUT2D eigenvalue weighted by Gasteiger charge is 2.23. The van der Waals surface area contributed by atoms with Gasteiger partial charge in [-0.05, 0) is 68.2 Å². The molecule has 2 heterocycles. The number of anilines is 1. The van der Waals surface area contributed by atoms with Gasteiger partial charge in [-0.25, -0.2) is 14.2 Å². The quantitative estimate of drug-likeness (QED) is 0.704. The van der Waals surface area contributed by atoms with Gasteiger partial charge in [0.25, 0.3) is 0 Å². The fraction of sp³-hybridized carbons (Fsp3) is 0.409. The Hall–Kier alpha value is -3.00. The van der Waals surface area contributed by atoms with E-state index in [9.17, 15) is 14.0 Å². The molecular formula is C22H27FN4O3. The number of pyridine rings is 1. The van der Waals surface area contributed by atoms with Gasteiger partial charge in [-0.1, -0.05) is 0 Å². The van der Waals surface area contributed by atoms with Crippen molar-refractivity contribution in [3.63, 3.8) is 0 Å². The summed E-state index contributed by atoms with van der Waals surface area (Å²) in [7, 11) is 3.33. The van der Waals surface area contributed by atoms with Gasteiger partial charge in [0.1, 0.15) is 17.4 Å². The Morgan fingerprint density at radius 3 is 2.50 bits per heavy atom. The van der Waals surface area contributed by atoms with Crippen molar-refractivity contribution in [3.05, 3.63) is 54.0 Å². The van der Waals surface area contributed by atoms with Crippen LogP contribution in [0.5, 0.6) is 5.75 Å². The topological polar surface area (TPSA) is 74.8 Å². The van der Waals surface area contributed by atoms with Crippen molar-refractivity contribution in [1.29, 1.82) is 0 Å². The van der Waals surface area contributed by atoms with Crippen molar-refractivity contribution in [2.24, 2.45) is 5.92 Å². The third-order valence-electron chi connectivity index (χ3n) is 5.33. The Labute approximate surface area is 175 Å². The van der Waals surface area contributed by atoms with E-state index in [1.807, 2.05) is 0 Å². The smallest absolute Gasteiger partial charge is 0.322 e. The fourth-order valence-corrected chi connectivity index (χ4v) is 3.51. The van der Waals surface area contributed by atoms with Gasteiger partial charge in [0.15, 0.2) is 5.78 Å². The van der Waals surface area contributed by atoms with E-state index in [0.717, 1.165) is 25.9 Å². The van der Waals surface area contributed by atoms with Crippen LogP contribution in [0.2, 0.25) is 0 Å². The monoisotopic (exact) mass is 414 g/mol. The van der Waals surface area contributed by atoms with Gasteiger partial charge in [-0.15, -0.1) is 0 Å². The molecule has 7 nitrogen and oxygen atoms in total. The molecule has 0 bridgehead atoms. The van der Waals surface area contributed by atoms with Crippen LogP contribution < -0.4 is 10.1 Å². The fourth-order valence-electron chi connectivity index (χ4n) is 3.51. The maximum absolute atomic E-state index is 13.0. The van der Waals surface area contributed by atoms with Gasteiger partial charge in [0.05, 0.1) is 19.9 Å². The van der Waals surface area contributed by atoms with Crippen molar-refractivity contribution in [3.8, 4) is 5.75 Å². The van der Waals surface area contributed by atoms with E-state index < -0.39 is 0 Å². The van der Waals surface area contributed by atoms with E-state index in [2.05, 4.69) is 15.2 Å². The van der Waals surface area contributed by atoms with Crippen molar-refractivity contribution < 1.29 is 18.7 Å². The Bertz CT molecular complexity index is 850. The summed E-state index contributed by atoms with van der Waals surface area (Å²) >= 11 is 0. The molecule has 8 heteroatoms. The van der Waals surface area contributed by atoms with Crippen LogP contribution in [0.1, 0.15) is 23.2 Å². The van der Waals surface area contributed by atoms with Gasteiger partial charge in [-0.2, -0.15) is 0 Å². The third kappa shape index (κ3) is 6.00. The number of Topliss-reactive ketones (excluding diaryl/α,β-unsaturated/α-hetero) is 1. The number of carbonyl (C=O) groups excluding carboxylic acids is 2. The number of carbonyl (C=O) groups is 2. The first kappa shape index (κ1) is 21.7. The maximum Gasteiger partial charge on any atom is 0.322 e. The normalized spacial score (nSPS) is 14.9. The van der Waals surface area contributed by atoms with Crippen molar-refractivity contribution in [2.45, 2.75) is 12.8 Å². The number of nitrogens with one attached hydrogen (secondary N) is 1. The van der Waals surface area contributed by atoms with Crippen LogP contribution in [-0.4, -0.2) is 66.9 Å². The second-order valence-electron chi connectivity index (χ2n) is 7.54. The molecule has 0 spiro atoms. The van der Waals surface area contributed by atoms with Crippen LogP contribution in [-0.2, 0) is 0 Å². The number of piperidine rings is 1. The summed E-state index contributed by atoms with van der Waals surface area (Å²) in [6.45, 7) is 2.57. The molecule has 1 aromatic carbocycles. The number of amides is 2. The molecule has 1 aliphatic heterocycles. The zero-order valence-electron chi connectivity index (χ0n) is 17.3. The lowest BCUT2D eigenvalue weighted by Gasteiger charge is -2.33. The first-order valence-electron chi connectivity index (χ1n) is 9.98. The minimum Gasteiger partial charge on any atom is -0.495 e. The molecule has 0 radical (unpaired) electrons. The first-order valence-corrected chi connectivity index (χ1v) is 9.98. The second-order valence-corrected chi connectivity index (χ2v) is 7.54. The molecule has 1 aromatic heterocycles. The summed E-state index contributed by atoms with van der Waals surface area (Å²) in [6, 6.07) is 8.89. The molecule has 30 heavy (non-hydrogen) atoms. The third-order valence-corrected chi connectivity index (χ3v) is 5.33. The highest BCUT2D eigenvalue weighted by atomic mass is 19.1. The number of rotatable bonds is 7. The molecule has 2 aromatic rings. The zero-order chi connectivity index (χ0) is 21.5. The highest BCUT2D eigenvalue weighted by Crippen LogP contribution is 2.19. The number of ketones is 1. The van der Waals surface area contributed by atoms with Gasteiger partial charge >= 0.3 is 6.03 Å². The lowest BCUT2D eigenvalue weighted by Crippen LogP contribution is -2.42. The summed E-state index contributed by atoms with van der Waals surface area (Å²) in [4.78, 5) is 32.7. The number of ether oxygens (including phenoxy) is 1. The van der Waals surface area contributed by atoms with Crippen molar-refractivity contribution in [2.75, 3.05) is 45.7 Å². The minimum atomic E-state index is -0.344. The molecule has 2 amide bonds. The predicted octanol–water partition coefficient (Wildman–Crippen LogP) is 3.29. The van der Waals surface area contributed by atoms with Gasteiger partial charge in [0, 0.05) is 19.2 Å². The number of benzene rings is 1. The van der Waals surface area contributed by atoms with Crippen LogP contribution >= 0.6 is 0 Å². The predicted molar refractivity (Wildman–Crippen MR) is 112 cm³/mol. The van der Waals surface area contributed by atoms with E-state index in [4.69, 9.17) is 4.74 Å². The van der Waals surface area contributed by atoms with Crippen LogP contribution in [0.4, 0.5) is 15.0 Å². The number of urea groups is 1. The number of hydrogen-bond donors (Lipinski definition) is 1. The summed E-state index contributed by atoms with van der Waals surface area (Å²) in [5, 5.41) is 2.78. The number of nitrogens with zero attached hydrogens (tertiary/aromatic N) is 3. The number of halogens is 1. The van der Waals surface area contributed by atoms with E-state index >= 15 is 0 Å². The van der Waals surface area contributed by atoms with Crippen LogP contribution in [0, 0.1) is 11.7 Å². The number of hydrogen-bond acceptors (Lipinski definition) is 5. The van der Waals surface area contributed by atoms with Gasteiger partial charge in [-0.3, -0.25) is 15.0 Å². The van der Waals surface area contributed by atoms with Crippen LogP contribution in [0.25, 0.3) is 0 Å². The molecular weight excluding hydrogens is 387 g/mol. The Kier molecular flexibility index (Phi) is 7.35. The SMILES string of the molecule is COc1ccc(NC(=O)N(C)CC2CCN(CC(=O)c3ccc(F)cc3)CC2)nc1. The standard InChI is InChI=1S/C22H27FN4O3/c1-26(22(29)25-21-8-7-19(30-2)13-24-21)14-16-9-11-27(12-10-16)15-20(28)17-3-5-18(23)6-4-17/h3-8,13,16H,9-12,14-15H2,1-2H3,(H,24,25,29). The average Bonchev–Trinajstić information content (AvgIpc) is 2.76. The summed E-state index contributed by atoms with van der Waals surface area (Å²) in [5.41, 5.74) is 0.530. The molecule has 1 N–H and O–H groups in total. The van der Waals surface area contributed by atoms with Gasteiger partial charge in [0.2, 0.25) is 0 Å². The summed E-state index contributed by atoms with van der Waals surface area (Å²) in [5.74, 6) is 1.13. The Morgan fingerprint density at radius 2 is 1.90 bits per heavy atom. The van der Waals surface area contributed by atoms with E-state index in [1.54, 1.807) is 37.4 Å². The summed E-state index contributed by atoms with van der Waals surface area (Å²) in [6.07, 6.45) is 3.38. The number of methoxy groups -OCH3 is 1. The van der Waals surface area contributed by atoms with E-state index in [1.165, 1.54) is 24.3 Å². The zero-order valence-corrected chi connectivity index (χ0v) is 17.3. The van der Waals surface area contributed by atoms with Crippen molar-refractivity contribution in [1.82, 2.24) is 14.8 Å². The first-order chi connectivity index (χ1) is 14.4. The van der Waals surface area contributed by atoms with Crippen molar-refractivity contribution >= 4 is 17.6 Å². The average molecular weight is 414 g/mol.